The van der Waals surface area contributed by atoms with Crippen LogP contribution in [0, 0.1) is 6.92 Å². The molecule has 0 radical (unpaired) electrons. The van der Waals surface area contributed by atoms with Gasteiger partial charge in [0.15, 0.2) is 5.69 Å². The second kappa shape index (κ2) is 4.45. The van der Waals surface area contributed by atoms with Crippen molar-refractivity contribution in [2.45, 2.75) is 6.92 Å². The predicted molar refractivity (Wildman–Crippen MR) is 53.3 cm³/mol. The van der Waals surface area contributed by atoms with Gasteiger partial charge in [-0.1, -0.05) is 0 Å². The van der Waals surface area contributed by atoms with Crippen LogP contribution in [0.1, 0.15) is 16.1 Å². The summed E-state index contributed by atoms with van der Waals surface area (Å²) in [5.74, 6) is -0.371. The van der Waals surface area contributed by atoms with Crippen molar-refractivity contribution in [2.24, 2.45) is 4.99 Å². The Balaban J connectivity index is 2.85. The first-order valence-electron chi connectivity index (χ1n) is 4.14. The minimum atomic E-state index is -0.371. The standard InChI is InChI=1S/C9H12N4O/c1-7-4-5-11-12-8(7)9(14)10-6-13(2)3/h4-6H,1-3H3. The van der Waals surface area contributed by atoms with Crippen molar-refractivity contribution in [3.05, 3.63) is 23.5 Å². The number of aromatic nitrogens is 2. The molecule has 0 atom stereocenters. The molecule has 0 unspecified atom stereocenters. The number of carbonyl (C=O) groups excluding carboxylic acids is 1. The molecule has 1 heterocycles. The minimum Gasteiger partial charge on any atom is -0.369 e. The van der Waals surface area contributed by atoms with Crippen LogP contribution >= 0.6 is 0 Å². The lowest BCUT2D eigenvalue weighted by atomic mass is 10.2. The van der Waals surface area contributed by atoms with Crippen molar-refractivity contribution in [1.82, 2.24) is 15.1 Å². The molecule has 1 rings (SSSR count). The van der Waals surface area contributed by atoms with Gasteiger partial charge in [0.25, 0.3) is 5.91 Å². The highest BCUT2D eigenvalue weighted by Gasteiger charge is 2.08. The van der Waals surface area contributed by atoms with E-state index >= 15 is 0 Å². The normalized spacial score (nSPS) is 10.5. The Morgan fingerprint density at radius 1 is 1.57 bits per heavy atom. The van der Waals surface area contributed by atoms with Crippen LogP contribution in [0.2, 0.25) is 0 Å². The van der Waals surface area contributed by atoms with Gasteiger partial charge < -0.3 is 4.90 Å². The maximum atomic E-state index is 11.4. The monoisotopic (exact) mass is 192 g/mol. The van der Waals surface area contributed by atoms with Gasteiger partial charge in [0.1, 0.15) is 0 Å². The Morgan fingerprint density at radius 3 is 2.86 bits per heavy atom. The van der Waals surface area contributed by atoms with E-state index < -0.39 is 0 Å². The van der Waals surface area contributed by atoms with Crippen LogP contribution in [0.5, 0.6) is 0 Å². The van der Waals surface area contributed by atoms with Gasteiger partial charge in [-0.25, -0.2) is 0 Å². The average molecular weight is 192 g/mol. The molecule has 0 aliphatic carbocycles. The van der Waals surface area contributed by atoms with Crippen molar-refractivity contribution >= 4 is 12.2 Å². The summed E-state index contributed by atoms with van der Waals surface area (Å²) in [7, 11) is 3.58. The first kappa shape index (κ1) is 10.3. The van der Waals surface area contributed by atoms with Crippen molar-refractivity contribution < 1.29 is 4.79 Å². The Kier molecular flexibility index (Phi) is 3.28. The Bertz CT molecular complexity index is 360. The van der Waals surface area contributed by atoms with Crippen LogP contribution in [0.4, 0.5) is 0 Å². The Hall–Kier alpha value is -1.78. The van der Waals surface area contributed by atoms with Crippen molar-refractivity contribution in [2.75, 3.05) is 14.1 Å². The third-order valence-corrected chi connectivity index (χ3v) is 1.53. The molecule has 0 fully saturated rings. The zero-order valence-corrected chi connectivity index (χ0v) is 8.43. The van der Waals surface area contributed by atoms with Gasteiger partial charge in [-0.05, 0) is 18.6 Å². The van der Waals surface area contributed by atoms with E-state index in [2.05, 4.69) is 15.2 Å². The first-order valence-corrected chi connectivity index (χ1v) is 4.14. The van der Waals surface area contributed by atoms with Gasteiger partial charge in [-0.15, -0.1) is 5.10 Å². The average Bonchev–Trinajstić information content (AvgIpc) is 2.15. The van der Waals surface area contributed by atoms with Crippen molar-refractivity contribution in [1.29, 1.82) is 0 Å². The van der Waals surface area contributed by atoms with E-state index in [4.69, 9.17) is 0 Å². The van der Waals surface area contributed by atoms with Crippen LogP contribution in [-0.4, -0.2) is 41.4 Å². The molecule has 5 heteroatoms. The molecule has 5 nitrogen and oxygen atoms in total. The lowest BCUT2D eigenvalue weighted by Gasteiger charge is -2.01. The molecule has 0 aliphatic heterocycles. The molecule has 0 spiro atoms. The molecule has 0 N–H and O–H groups in total. The molecule has 74 valence electrons. The molecule has 0 bridgehead atoms. The third kappa shape index (κ3) is 2.62. The minimum absolute atomic E-state index is 0.297. The maximum absolute atomic E-state index is 11.4. The highest BCUT2D eigenvalue weighted by molar-refractivity contribution is 5.97. The largest absolute Gasteiger partial charge is 0.369 e. The molecule has 0 saturated carbocycles. The maximum Gasteiger partial charge on any atom is 0.299 e. The van der Waals surface area contributed by atoms with Crippen LogP contribution in [0.3, 0.4) is 0 Å². The molecule has 1 aromatic rings. The molecule has 0 aromatic carbocycles. The van der Waals surface area contributed by atoms with Gasteiger partial charge in [-0.3, -0.25) is 4.79 Å². The Labute approximate surface area is 82.5 Å². The van der Waals surface area contributed by atoms with E-state index in [9.17, 15) is 4.79 Å². The smallest absolute Gasteiger partial charge is 0.299 e. The van der Waals surface area contributed by atoms with Crippen LogP contribution in [0.15, 0.2) is 17.3 Å². The number of hydrogen-bond acceptors (Lipinski definition) is 3. The van der Waals surface area contributed by atoms with E-state index in [-0.39, 0.29) is 5.91 Å². The molecular weight excluding hydrogens is 180 g/mol. The molecule has 0 saturated heterocycles. The molecule has 1 aromatic heterocycles. The summed E-state index contributed by atoms with van der Waals surface area (Å²) < 4.78 is 0. The van der Waals surface area contributed by atoms with Gasteiger partial charge in [-0.2, -0.15) is 10.1 Å². The van der Waals surface area contributed by atoms with Crippen LogP contribution in [-0.2, 0) is 0 Å². The molecule has 1 amide bonds. The number of amides is 1. The fraction of sp³-hybridized carbons (Fsp3) is 0.333. The van der Waals surface area contributed by atoms with Crippen LogP contribution in [0.25, 0.3) is 0 Å². The number of aliphatic imine (C=N–C) groups is 1. The molecule has 14 heavy (non-hydrogen) atoms. The summed E-state index contributed by atoms with van der Waals surface area (Å²) in [6.07, 6.45) is 2.98. The molecular formula is C9H12N4O. The summed E-state index contributed by atoms with van der Waals surface area (Å²) in [6.45, 7) is 1.80. The van der Waals surface area contributed by atoms with E-state index in [1.807, 2.05) is 0 Å². The second-order valence-corrected chi connectivity index (χ2v) is 3.08. The van der Waals surface area contributed by atoms with E-state index in [0.29, 0.717) is 5.69 Å². The zero-order valence-electron chi connectivity index (χ0n) is 8.43. The summed E-state index contributed by atoms with van der Waals surface area (Å²) in [5, 5.41) is 7.36. The summed E-state index contributed by atoms with van der Waals surface area (Å²) in [5.41, 5.74) is 1.08. The number of hydrogen-bond donors (Lipinski definition) is 0. The topological polar surface area (TPSA) is 58.5 Å². The number of nitrogens with zero attached hydrogens (tertiary/aromatic N) is 4. The predicted octanol–water partition coefficient (Wildman–Crippen LogP) is 0.515. The molecule has 0 aliphatic rings. The number of rotatable bonds is 2. The highest BCUT2D eigenvalue weighted by atomic mass is 16.1. The summed E-state index contributed by atoms with van der Waals surface area (Å²) in [6, 6.07) is 1.73. The lowest BCUT2D eigenvalue weighted by molar-refractivity contribution is 0.0996. The first-order chi connectivity index (χ1) is 6.61. The fourth-order valence-corrected chi connectivity index (χ4v) is 0.835. The number of carbonyl (C=O) groups is 1. The van der Waals surface area contributed by atoms with Gasteiger partial charge in [0.2, 0.25) is 0 Å². The lowest BCUT2D eigenvalue weighted by Crippen LogP contribution is -2.11. The van der Waals surface area contributed by atoms with Crippen LogP contribution < -0.4 is 0 Å². The fourth-order valence-electron chi connectivity index (χ4n) is 0.835. The van der Waals surface area contributed by atoms with Gasteiger partial charge >= 0.3 is 0 Å². The number of aryl methyl sites for hydroxylation is 1. The van der Waals surface area contributed by atoms with E-state index in [1.165, 1.54) is 6.34 Å². The van der Waals surface area contributed by atoms with Gasteiger partial charge in [0.05, 0.1) is 6.34 Å². The SMILES string of the molecule is Cc1ccnnc1C(=O)N=CN(C)C. The van der Waals surface area contributed by atoms with Gasteiger partial charge in [0, 0.05) is 20.3 Å². The Morgan fingerprint density at radius 2 is 2.29 bits per heavy atom. The van der Waals surface area contributed by atoms with E-state index in [0.717, 1.165) is 5.56 Å². The summed E-state index contributed by atoms with van der Waals surface area (Å²) >= 11 is 0. The second-order valence-electron chi connectivity index (χ2n) is 3.08. The quantitative estimate of drug-likeness (QED) is 0.506. The zero-order chi connectivity index (χ0) is 10.6. The van der Waals surface area contributed by atoms with Crippen molar-refractivity contribution in [3.8, 4) is 0 Å². The highest BCUT2D eigenvalue weighted by Crippen LogP contribution is 2.02. The summed E-state index contributed by atoms with van der Waals surface area (Å²) in [4.78, 5) is 16.8. The third-order valence-electron chi connectivity index (χ3n) is 1.53. The van der Waals surface area contributed by atoms with E-state index in [1.54, 1.807) is 38.2 Å². The van der Waals surface area contributed by atoms with Crippen molar-refractivity contribution in [3.63, 3.8) is 0 Å².